The number of imide groups is 1. The molecule has 0 bridgehead atoms. The number of nitrogens with zero attached hydrogens (tertiary/aromatic N) is 3. The van der Waals surface area contributed by atoms with E-state index in [2.05, 4.69) is 10.1 Å². The highest BCUT2D eigenvalue weighted by molar-refractivity contribution is 6.21. The molecule has 0 fully saturated rings. The number of hydrogen-bond donors (Lipinski definition) is 0. The molecule has 1 aliphatic rings. The van der Waals surface area contributed by atoms with E-state index in [1.807, 2.05) is 0 Å². The maximum atomic E-state index is 12.6. The third kappa shape index (κ3) is 4.64. The molecule has 0 N–H and O–H groups in total. The van der Waals surface area contributed by atoms with Crippen LogP contribution in [0.25, 0.3) is 11.4 Å². The van der Waals surface area contributed by atoms with Crippen LogP contribution in [0.5, 0.6) is 11.5 Å². The Kier molecular flexibility index (Phi) is 6.38. The maximum Gasteiger partial charge on any atom is 0.338 e. The van der Waals surface area contributed by atoms with Crippen LogP contribution < -0.4 is 9.47 Å². The van der Waals surface area contributed by atoms with Crippen LogP contribution in [-0.2, 0) is 17.9 Å². The highest BCUT2D eigenvalue weighted by Crippen LogP contribution is 2.31. The predicted molar refractivity (Wildman–Crippen MR) is 129 cm³/mol. The zero-order valence-corrected chi connectivity index (χ0v) is 20.0. The Labute approximate surface area is 211 Å². The molecule has 4 aromatic rings. The van der Waals surface area contributed by atoms with E-state index in [1.54, 1.807) is 73.8 Å². The Morgan fingerprint density at radius 2 is 1.59 bits per heavy atom. The van der Waals surface area contributed by atoms with E-state index in [4.69, 9.17) is 18.7 Å². The van der Waals surface area contributed by atoms with E-state index in [-0.39, 0.29) is 36.7 Å². The Balaban J connectivity index is 1.20. The first-order valence-electron chi connectivity index (χ1n) is 11.2. The van der Waals surface area contributed by atoms with Gasteiger partial charge in [0.05, 0.1) is 43.0 Å². The second-order valence-electron chi connectivity index (χ2n) is 8.09. The van der Waals surface area contributed by atoms with Gasteiger partial charge in [0.1, 0.15) is 11.5 Å². The van der Waals surface area contributed by atoms with Crippen molar-refractivity contribution in [2.45, 2.75) is 13.2 Å². The molecule has 3 aromatic carbocycles. The molecular formula is C27H21N3O7. The van der Waals surface area contributed by atoms with Crippen molar-refractivity contribution in [1.82, 2.24) is 15.0 Å². The molecule has 0 radical (unpaired) electrons. The highest BCUT2D eigenvalue weighted by Gasteiger charge is 2.34. The number of rotatable bonds is 8. The summed E-state index contributed by atoms with van der Waals surface area (Å²) in [5.41, 5.74) is 2.37. The topological polar surface area (TPSA) is 121 Å². The van der Waals surface area contributed by atoms with Crippen molar-refractivity contribution in [3.8, 4) is 22.9 Å². The number of carbonyl (C=O) groups excluding carboxylic acids is 3. The van der Waals surface area contributed by atoms with E-state index in [9.17, 15) is 14.4 Å². The Hall–Kier alpha value is -4.99. The molecule has 10 heteroatoms. The van der Waals surface area contributed by atoms with Crippen molar-refractivity contribution in [3.63, 3.8) is 0 Å². The lowest BCUT2D eigenvalue weighted by molar-refractivity contribution is 0.0429. The van der Waals surface area contributed by atoms with Crippen molar-refractivity contribution >= 4 is 17.8 Å². The molecule has 1 aromatic heterocycles. The van der Waals surface area contributed by atoms with Gasteiger partial charge in [-0.3, -0.25) is 14.5 Å². The molecule has 0 spiro atoms. The molecule has 0 atom stereocenters. The number of esters is 1. The van der Waals surface area contributed by atoms with Gasteiger partial charge in [0.25, 0.3) is 17.7 Å². The van der Waals surface area contributed by atoms with Gasteiger partial charge in [-0.2, -0.15) is 4.98 Å². The van der Waals surface area contributed by atoms with E-state index in [1.165, 1.54) is 12.0 Å². The molecule has 1 aliphatic heterocycles. The summed E-state index contributed by atoms with van der Waals surface area (Å²) >= 11 is 0. The van der Waals surface area contributed by atoms with Gasteiger partial charge in [0, 0.05) is 6.07 Å². The number of aromatic nitrogens is 2. The van der Waals surface area contributed by atoms with Crippen LogP contribution in [0.3, 0.4) is 0 Å². The second kappa shape index (κ2) is 9.94. The maximum absolute atomic E-state index is 12.6. The molecule has 2 amide bonds. The van der Waals surface area contributed by atoms with Crippen LogP contribution in [0.1, 0.15) is 42.5 Å². The average molecular weight is 499 g/mol. The van der Waals surface area contributed by atoms with Crippen LogP contribution in [-0.4, -0.2) is 47.0 Å². The molecule has 2 heterocycles. The third-order valence-corrected chi connectivity index (χ3v) is 5.85. The van der Waals surface area contributed by atoms with Crippen molar-refractivity contribution in [3.05, 3.63) is 94.9 Å². The highest BCUT2D eigenvalue weighted by atomic mass is 16.6. The van der Waals surface area contributed by atoms with Gasteiger partial charge in [-0.05, 0) is 42.0 Å². The van der Waals surface area contributed by atoms with Crippen molar-refractivity contribution < 1.29 is 33.1 Å². The summed E-state index contributed by atoms with van der Waals surface area (Å²) in [4.78, 5) is 43.1. The number of amides is 2. The average Bonchev–Trinajstić information content (AvgIpc) is 3.51. The molecule has 0 saturated carbocycles. The van der Waals surface area contributed by atoms with E-state index >= 15 is 0 Å². The molecule has 37 heavy (non-hydrogen) atoms. The van der Waals surface area contributed by atoms with Crippen molar-refractivity contribution in [2.24, 2.45) is 0 Å². The summed E-state index contributed by atoms with van der Waals surface area (Å²) in [7, 11) is 3.07. The van der Waals surface area contributed by atoms with Crippen LogP contribution in [0.15, 0.2) is 71.3 Å². The first-order valence-corrected chi connectivity index (χ1v) is 11.2. The standard InChI is InChI=1S/C27H21N3O7/c1-34-18-11-12-21(22(13-18)35-2)24-28-23(37-29-24)15-36-27(33)17-9-7-16(8-10-17)14-30-25(31)19-5-3-4-6-20(19)26(30)32/h3-13H,14-15H2,1-2H3. The molecule has 0 aliphatic carbocycles. The SMILES string of the molecule is COc1ccc(-c2noc(COC(=O)c3ccc(CN4C(=O)c5ccccc5C4=O)cc3)n2)c(OC)c1. The lowest BCUT2D eigenvalue weighted by Crippen LogP contribution is -2.29. The summed E-state index contributed by atoms with van der Waals surface area (Å²) < 4.78 is 21.1. The van der Waals surface area contributed by atoms with Gasteiger partial charge in [0.2, 0.25) is 5.82 Å². The monoisotopic (exact) mass is 499 g/mol. The van der Waals surface area contributed by atoms with E-state index in [0.29, 0.717) is 39.3 Å². The van der Waals surface area contributed by atoms with Gasteiger partial charge in [-0.25, -0.2) is 4.79 Å². The quantitative estimate of drug-likeness (QED) is 0.262. The van der Waals surface area contributed by atoms with Crippen molar-refractivity contribution in [2.75, 3.05) is 14.2 Å². The minimum absolute atomic E-state index is 0.0985. The number of hydrogen-bond acceptors (Lipinski definition) is 9. The predicted octanol–water partition coefficient (Wildman–Crippen LogP) is 3.91. The van der Waals surface area contributed by atoms with Gasteiger partial charge in [-0.1, -0.05) is 29.4 Å². The third-order valence-electron chi connectivity index (χ3n) is 5.85. The van der Waals surface area contributed by atoms with E-state index < -0.39 is 5.97 Å². The summed E-state index contributed by atoms with van der Waals surface area (Å²) in [5, 5.41) is 3.93. The van der Waals surface area contributed by atoms with E-state index in [0.717, 1.165) is 0 Å². The van der Waals surface area contributed by atoms with Gasteiger partial charge in [-0.15, -0.1) is 0 Å². The first-order chi connectivity index (χ1) is 18.0. The minimum atomic E-state index is -0.589. The fourth-order valence-electron chi connectivity index (χ4n) is 3.93. The molecule has 0 saturated heterocycles. The number of carbonyl (C=O) groups is 3. The first kappa shape index (κ1) is 23.7. The minimum Gasteiger partial charge on any atom is -0.497 e. The Bertz CT molecular complexity index is 1460. The Morgan fingerprint density at radius 1 is 0.892 bits per heavy atom. The van der Waals surface area contributed by atoms with Crippen LogP contribution >= 0.6 is 0 Å². The summed E-state index contributed by atoms with van der Waals surface area (Å²) in [5.74, 6) is 0.254. The lowest BCUT2D eigenvalue weighted by Gasteiger charge is -2.14. The van der Waals surface area contributed by atoms with Crippen LogP contribution in [0.2, 0.25) is 0 Å². The molecule has 10 nitrogen and oxygen atoms in total. The number of methoxy groups -OCH3 is 2. The zero-order chi connectivity index (χ0) is 25.9. The number of fused-ring (bicyclic) bond motifs is 1. The van der Waals surface area contributed by atoms with Gasteiger partial charge in [0.15, 0.2) is 6.61 Å². The lowest BCUT2D eigenvalue weighted by atomic mass is 10.1. The Morgan fingerprint density at radius 3 is 2.24 bits per heavy atom. The smallest absolute Gasteiger partial charge is 0.338 e. The number of ether oxygens (including phenoxy) is 3. The van der Waals surface area contributed by atoms with Crippen molar-refractivity contribution in [1.29, 1.82) is 0 Å². The molecule has 5 rings (SSSR count). The van der Waals surface area contributed by atoms with Gasteiger partial charge >= 0.3 is 5.97 Å². The largest absolute Gasteiger partial charge is 0.497 e. The fraction of sp³-hybridized carbons (Fsp3) is 0.148. The van der Waals surface area contributed by atoms with Crippen LogP contribution in [0, 0.1) is 0 Å². The fourth-order valence-corrected chi connectivity index (χ4v) is 3.93. The molecule has 0 unspecified atom stereocenters. The number of benzene rings is 3. The molecule has 186 valence electrons. The zero-order valence-electron chi connectivity index (χ0n) is 20.0. The van der Waals surface area contributed by atoms with Crippen LogP contribution in [0.4, 0.5) is 0 Å². The summed E-state index contributed by atoms with van der Waals surface area (Å²) in [6, 6.07) is 18.4. The normalized spacial score (nSPS) is 12.4. The second-order valence-corrected chi connectivity index (χ2v) is 8.09. The summed E-state index contributed by atoms with van der Waals surface area (Å²) in [6.45, 7) is -0.123. The molecular weight excluding hydrogens is 478 g/mol. The van der Waals surface area contributed by atoms with Gasteiger partial charge < -0.3 is 18.7 Å². The summed E-state index contributed by atoms with van der Waals surface area (Å²) in [6.07, 6.45) is 0.